The Balaban J connectivity index is 1.98. The van der Waals surface area contributed by atoms with Gasteiger partial charge in [0, 0.05) is 31.9 Å². The number of aryl methyl sites for hydroxylation is 1. The summed E-state index contributed by atoms with van der Waals surface area (Å²) in [6.07, 6.45) is 7.82. The van der Waals surface area contributed by atoms with E-state index in [1.807, 2.05) is 26.5 Å². The normalized spacial score (nSPS) is 27.2. The van der Waals surface area contributed by atoms with Crippen molar-refractivity contribution < 1.29 is 4.74 Å². The number of imidazole rings is 1. The number of nitrogens with zero attached hydrogens (tertiary/aromatic N) is 2. The number of hydrogen-bond donors (Lipinski definition) is 1. The molecule has 0 aliphatic carbocycles. The SMILES string of the molecule is CNC(Cc1nccn1C)C1CCC(C)O1. The quantitative estimate of drug-likeness (QED) is 0.831. The minimum Gasteiger partial charge on any atom is -0.374 e. The first kappa shape index (κ1) is 11.6. The van der Waals surface area contributed by atoms with Crippen LogP contribution in [-0.2, 0) is 18.2 Å². The number of ether oxygens (including phenoxy) is 1. The van der Waals surface area contributed by atoms with E-state index in [4.69, 9.17) is 4.74 Å². The Bertz CT molecular complexity index is 337. The van der Waals surface area contributed by atoms with Gasteiger partial charge in [0.25, 0.3) is 0 Å². The van der Waals surface area contributed by atoms with Crippen molar-refractivity contribution in [3.63, 3.8) is 0 Å². The van der Waals surface area contributed by atoms with Crippen LogP contribution in [0.2, 0.25) is 0 Å². The van der Waals surface area contributed by atoms with Crippen LogP contribution in [0.1, 0.15) is 25.6 Å². The number of aromatic nitrogens is 2. The summed E-state index contributed by atoms with van der Waals surface area (Å²) in [6, 6.07) is 0.367. The van der Waals surface area contributed by atoms with Gasteiger partial charge in [0.05, 0.1) is 12.2 Å². The van der Waals surface area contributed by atoms with Crippen molar-refractivity contribution in [2.45, 2.75) is 44.4 Å². The van der Waals surface area contributed by atoms with E-state index in [-0.39, 0.29) is 0 Å². The van der Waals surface area contributed by atoms with Gasteiger partial charge in [0.2, 0.25) is 0 Å². The molecule has 0 amide bonds. The summed E-state index contributed by atoms with van der Waals surface area (Å²) >= 11 is 0. The van der Waals surface area contributed by atoms with Gasteiger partial charge in [-0.1, -0.05) is 0 Å². The molecule has 1 aliphatic heterocycles. The fourth-order valence-corrected chi connectivity index (χ4v) is 2.34. The van der Waals surface area contributed by atoms with Gasteiger partial charge in [0.1, 0.15) is 5.82 Å². The molecule has 0 bridgehead atoms. The molecule has 3 atom stereocenters. The summed E-state index contributed by atoms with van der Waals surface area (Å²) in [5.74, 6) is 1.11. The van der Waals surface area contributed by atoms with Crippen LogP contribution < -0.4 is 5.32 Å². The molecule has 3 unspecified atom stereocenters. The van der Waals surface area contributed by atoms with E-state index in [2.05, 4.69) is 21.8 Å². The molecule has 1 saturated heterocycles. The summed E-state index contributed by atoms with van der Waals surface area (Å²) in [5.41, 5.74) is 0. The van der Waals surface area contributed by atoms with Gasteiger partial charge >= 0.3 is 0 Å². The van der Waals surface area contributed by atoms with Crippen molar-refractivity contribution in [1.82, 2.24) is 14.9 Å². The van der Waals surface area contributed by atoms with Gasteiger partial charge in [-0.2, -0.15) is 0 Å². The monoisotopic (exact) mass is 223 g/mol. The lowest BCUT2D eigenvalue weighted by molar-refractivity contribution is 0.0332. The van der Waals surface area contributed by atoms with Gasteiger partial charge in [0.15, 0.2) is 0 Å². The Kier molecular flexibility index (Phi) is 3.61. The molecule has 1 aliphatic rings. The molecule has 2 rings (SSSR count). The second-order valence-corrected chi connectivity index (χ2v) is 4.62. The van der Waals surface area contributed by atoms with E-state index in [1.165, 1.54) is 6.42 Å². The molecule has 1 fully saturated rings. The van der Waals surface area contributed by atoms with Crippen LogP contribution in [0, 0.1) is 0 Å². The molecular formula is C12H21N3O. The maximum absolute atomic E-state index is 5.90. The summed E-state index contributed by atoms with van der Waals surface area (Å²) < 4.78 is 7.98. The zero-order valence-electron chi connectivity index (χ0n) is 10.3. The van der Waals surface area contributed by atoms with Crippen LogP contribution in [0.25, 0.3) is 0 Å². The first-order valence-electron chi connectivity index (χ1n) is 5.99. The topological polar surface area (TPSA) is 39.1 Å². The molecule has 0 spiro atoms. The van der Waals surface area contributed by atoms with Crippen LogP contribution in [-0.4, -0.2) is 34.8 Å². The second kappa shape index (κ2) is 4.97. The van der Waals surface area contributed by atoms with Crippen molar-refractivity contribution >= 4 is 0 Å². The van der Waals surface area contributed by atoms with Crippen LogP contribution in [0.3, 0.4) is 0 Å². The largest absolute Gasteiger partial charge is 0.374 e. The van der Waals surface area contributed by atoms with Gasteiger partial charge in [-0.05, 0) is 26.8 Å². The zero-order chi connectivity index (χ0) is 11.5. The van der Waals surface area contributed by atoms with Crippen LogP contribution >= 0.6 is 0 Å². The van der Waals surface area contributed by atoms with Crippen molar-refractivity contribution in [1.29, 1.82) is 0 Å². The first-order valence-corrected chi connectivity index (χ1v) is 5.99. The van der Waals surface area contributed by atoms with Crippen molar-refractivity contribution in [3.05, 3.63) is 18.2 Å². The van der Waals surface area contributed by atoms with Gasteiger partial charge in [-0.15, -0.1) is 0 Å². The molecule has 0 aromatic carbocycles. The maximum atomic E-state index is 5.90. The van der Waals surface area contributed by atoms with Crippen LogP contribution in [0.5, 0.6) is 0 Å². The minimum absolute atomic E-state index is 0.330. The van der Waals surface area contributed by atoms with E-state index >= 15 is 0 Å². The highest BCUT2D eigenvalue weighted by molar-refractivity contribution is 4.97. The predicted octanol–water partition coefficient (Wildman–Crippen LogP) is 1.12. The first-order chi connectivity index (χ1) is 7.70. The highest BCUT2D eigenvalue weighted by atomic mass is 16.5. The van der Waals surface area contributed by atoms with Crippen molar-refractivity contribution in [2.75, 3.05) is 7.05 Å². The molecule has 1 aromatic rings. The van der Waals surface area contributed by atoms with Crippen LogP contribution in [0.4, 0.5) is 0 Å². The van der Waals surface area contributed by atoms with E-state index in [0.29, 0.717) is 18.2 Å². The molecule has 4 heteroatoms. The Morgan fingerprint density at radius 1 is 1.62 bits per heavy atom. The highest BCUT2D eigenvalue weighted by Crippen LogP contribution is 2.23. The lowest BCUT2D eigenvalue weighted by Gasteiger charge is -2.22. The smallest absolute Gasteiger partial charge is 0.110 e. The predicted molar refractivity (Wildman–Crippen MR) is 63.3 cm³/mol. The average Bonchev–Trinajstić information content (AvgIpc) is 2.85. The van der Waals surface area contributed by atoms with Crippen LogP contribution in [0.15, 0.2) is 12.4 Å². The number of nitrogens with one attached hydrogen (secondary N) is 1. The molecule has 2 heterocycles. The highest BCUT2D eigenvalue weighted by Gasteiger charge is 2.29. The van der Waals surface area contributed by atoms with E-state index in [1.54, 1.807) is 0 Å². The maximum Gasteiger partial charge on any atom is 0.110 e. The zero-order valence-corrected chi connectivity index (χ0v) is 10.3. The third-order valence-corrected chi connectivity index (χ3v) is 3.41. The van der Waals surface area contributed by atoms with Gasteiger partial charge < -0.3 is 14.6 Å². The number of hydrogen-bond acceptors (Lipinski definition) is 3. The van der Waals surface area contributed by atoms with Crippen molar-refractivity contribution in [2.24, 2.45) is 7.05 Å². The lowest BCUT2D eigenvalue weighted by atomic mass is 10.0. The Morgan fingerprint density at radius 3 is 2.94 bits per heavy atom. The lowest BCUT2D eigenvalue weighted by Crippen LogP contribution is -2.40. The van der Waals surface area contributed by atoms with Gasteiger partial charge in [-0.3, -0.25) is 0 Å². The summed E-state index contributed by atoms with van der Waals surface area (Å²) in [5, 5.41) is 3.35. The molecule has 1 N–H and O–H groups in total. The van der Waals surface area contributed by atoms with E-state index in [9.17, 15) is 0 Å². The Morgan fingerprint density at radius 2 is 2.44 bits per heavy atom. The second-order valence-electron chi connectivity index (χ2n) is 4.62. The average molecular weight is 223 g/mol. The van der Waals surface area contributed by atoms with E-state index < -0.39 is 0 Å². The number of likely N-dealkylation sites (N-methyl/N-ethyl adjacent to an activating group) is 1. The van der Waals surface area contributed by atoms with Gasteiger partial charge in [-0.25, -0.2) is 4.98 Å². The third kappa shape index (κ3) is 2.44. The molecule has 1 aromatic heterocycles. The summed E-state index contributed by atoms with van der Waals surface area (Å²) in [7, 11) is 4.03. The van der Waals surface area contributed by atoms with E-state index in [0.717, 1.165) is 18.7 Å². The summed E-state index contributed by atoms with van der Waals surface area (Å²) in [4.78, 5) is 4.36. The van der Waals surface area contributed by atoms with Crippen molar-refractivity contribution in [3.8, 4) is 0 Å². The molecule has 4 nitrogen and oxygen atoms in total. The standard InChI is InChI=1S/C12H21N3O/c1-9-4-5-11(16-9)10(13-2)8-12-14-6-7-15(12)3/h6-7,9-11,13H,4-5,8H2,1-3H3. The molecule has 16 heavy (non-hydrogen) atoms. The fraction of sp³-hybridized carbons (Fsp3) is 0.750. The molecule has 0 saturated carbocycles. The number of rotatable bonds is 4. The minimum atomic E-state index is 0.330. The molecule has 0 radical (unpaired) electrons. The molecular weight excluding hydrogens is 202 g/mol. The summed E-state index contributed by atoms with van der Waals surface area (Å²) in [6.45, 7) is 2.15. The Labute approximate surface area is 97.0 Å². The third-order valence-electron chi connectivity index (χ3n) is 3.41. The fourth-order valence-electron chi connectivity index (χ4n) is 2.34. The Hall–Kier alpha value is -0.870. The molecule has 90 valence electrons.